The molecule has 0 bridgehead atoms. The van der Waals surface area contributed by atoms with Gasteiger partial charge in [-0.1, -0.05) is 160 Å². The predicted octanol–water partition coefficient (Wildman–Crippen LogP) is 10.8. The van der Waals surface area contributed by atoms with Crippen LogP contribution in [0.25, 0.3) is 0 Å². The van der Waals surface area contributed by atoms with E-state index in [4.69, 9.17) is 0 Å². The van der Waals surface area contributed by atoms with E-state index in [0.717, 1.165) is 6.42 Å². The summed E-state index contributed by atoms with van der Waals surface area (Å²) in [5.41, 5.74) is 5.54. The Labute approximate surface area is 218 Å². The SMILES string of the molecule is CC(C)(C)CCc1ccccc1.CC(C)(C)Cc1ccccc1.CC(c1ccccc1)C(C)(C)C. The summed E-state index contributed by atoms with van der Waals surface area (Å²) >= 11 is 0. The van der Waals surface area contributed by atoms with Crippen molar-refractivity contribution in [1.82, 2.24) is 0 Å². The van der Waals surface area contributed by atoms with Crippen LogP contribution in [-0.2, 0) is 12.8 Å². The smallest absolute Gasteiger partial charge is 0.0142 e. The average Bonchev–Trinajstić information content (AvgIpc) is 2.78. The highest BCUT2D eigenvalue weighted by Gasteiger charge is 2.20. The van der Waals surface area contributed by atoms with Gasteiger partial charge in [-0.15, -0.1) is 0 Å². The average molecular weight is 473 g/mol. The van der Waals surface area contributed by atoms with E-state index < -0.39 is 0 Å². The summed E-state index contributed by atoms with van der Waals surface area (Å²) in [6, 6.07) is 32.0. The van der Waals surface area contributed by atoms with Crippen molar-refractivity contribution in [2.75, 3.05) is 0 Å². The van der Waals surface area contributed by atoms with Crippen LogP contribution < -0.4 is 0 Å². The van der Waals surface area contributed by atoms with Gasteiger partial charge in [0.15, 0.2) is 0 Å². The lowest BCUT2D eigenvalue weighted by molar-refractivity contribution is 0.339. The number of benzene rings is 3. The molecule has 0 heterocycles. The van der Waals surface area contributed by atoms with E-state index in [2.05, 4.69) is 160 Å². The fraction of sp³-hybridized carbons (Fsp3) is 0.486. The Bertz CT molecular complexity index is 901. The highest BCUT2D eigenvalue weighted by atomic mass is 14.3. The van der Waals surface area contributed by atoms with Crippen LogP contribution in [0.5, 0.6) is 0 Å². The second-order valence-electron chi connectivity index (χ2n) is 13.3. The molecular formula is C35H52. The fourth-order valence-electron chi connectivity index (χ4n) is 3.61. The Hall–Kier alpha value is -2.34. The normalized spacial score (nSPS) is 12.5. The van der Waals surface area contributed by atoms with Crippen LogP contribution in [0.1, 0.15) is 98.3 Å². The molecule has 0 fully saturated rings. The third-order valence-electron chi connectivity index (χ3n) is 6.18. The van der Waals surface area contributed by atoms with Crippen molar-refractivity contribution in [3.05, 3.63) is 108 Å². The molecule has 0 aliphatic carbocycles. The Balaban J connectivity index is 0.000000263. The summed E-state index contributed by atoms with van der Waals surface area (Å²) in [6.07, 6.45) is 3.62. The van der Waals surface area contributed by atoms with Crippen LogP contribution in [0.3, 0.4) is 0 Å². The van der Waals surface area contributed by atoms with Crippen LogP contribution in [0.4, 0.5) is 0 Å². The highest BCUT2D eigenvalue weighted by molar-refractivity contribution is 5.20. The molecule has 3 rings (SSSR count). The molecule has 1 unspecified atom stereocenters. The predicted molar refractivity (Wildman–Crippen MR) is 158 cm³/mol. The van der Waals surface area contributed by atoms with E-state index in [1.54, 1.807) is 0 Å². The fourth-order valence-corrected chi connectivity index (χ4v) is 3.61. The van der Waals surface area contributed by atoms with Gasteiger partial charge in [-0.3, -0.25) is 0 Å². The van der Waals surface area contributed by atoms with Crippen molar-refractivity contribution in [3.8, 4) is 0 Å². The lowest BCUT2D eigenvalue weighted by atomic mass is 9.78. The first-order valence-corrected chi connectivity index (χ1v) is 13.3. The summed E-state index contributed by atoms with van der Waals surface area (Å²) in [5.74, 6) is 0.624. The molecule has 0 heteroatoms. The topological polar surface area (TPSA) is 0 Å². The van der Waals surface area contributed by atoms with Crippen molar-refractivity contribution in [2.24, 2.45) is 16.2 Å². The van der Waals surface area contributed by atoms with Gasteiger partial charge in [0, 0.05) is 0 Å². The van der Waals surface area contributed by atoms with Crippen molar-refractivity contribution in [1.29, 1.82) is 0 Å². The zero-order valence-electron chi connectivity index (χ0n) is 24.4. The van der Waals surface area contributed by atoms with Gasteiger partial charge in [-0.25, -0.2) is 0 Å². The van der Waals surface area contributed by atoms with E-state index >= 15 is 0 Å². The molecule has 0 radical (unpaired) electrons. The Morgan fingerprint density at radius 1 is 0.514 bits per heavy atom. The summed E-state index contributed by atoms with van der Waals surface area (Å²) in [5, 5.41) is 0. The van der Waals surface area contributed by atoms with Gasteiger partial charge in [0.2, 0.25) is 0 Å². The first-order valence-electron chi connectivity index (χ1n) is 13.3. The minimum absolute atomic E-state index is 0.362. The maximum atomic E-state index is 2.29. The summed E-state index contributed by atoms with van der Waals surface area (Å²) in [6.45, 7) is 22.8. The summed E-state index contributed by atoms with van der Waals surface area (Å²) < 4.78 is 0. The quantitative estimate of drug-likeness (QED) is 0.354. The zero-order chi connectivity index (χ0) is 26.5. The Morgan fingerprint density at radius 2 is 0.914 bits per heavy atom. The number of hydrogen-bond donors (Lipinski definition) is 0. The molecule has 0 saturated heterocycles. The standard InChI is InChI=1S/2C12H18.C11H16/c1-10(12(2,3)4)11-8-6-5-7-9-11;1-12(2,3)10-9-11-7-5-4-6-8-11;1-11(2,3)9-10-7-5-4-6-8-10/h5-10H,1-4H3;4-8H,9-10H2,1-3H3;4-8H,9H2,1-3H3. The van der Waals surface area contributed by atoms with Crippen LogP contribution in [0, 0.1) is 16.2 Å². The molecule has 3 aromatic rings. The second kappa shape index (κ2) is 14.3. The first kappa shape index (κ1) is 30.7. The van der Waals surface area contributed by atoms with E-state index in [1.807, 2.05) is 0 Å². The van der Waals surface area contributed by atoms with Gasteiger partial charge in [-0.2, -0.15) is 0 Å². The van der Waals surface area contributed by atoms with E-state index in [1.165, 1.54) is 29.5 Å². The van der Waals surface area contributed by atoms with Crippen molar-refractivity contribution in [2.45, 2.75) is 94.4 Å². The van der Waals surface area contributed by atoms with Crippen LogP contribution in [0.15, 0.2) is 91.0 Å². The molecule has 192 valence electrons. The van der Waals surface area contributed by atoms with Crippen LogP contribution >= 0.6 is 0 Å². The molecule has 35 heavy (non-hydrogen) atoms. The zero-order valence-corrected chi connectivity index (χ0v) is 24.4. The molecule has 0 aliphatic heterocycles. The number of hydrogen-bond acceptors (Lipinski definition) is 0. The minimum Gasteiger partial charge on any atom is -0.0622 e. The lowest BCUT2D eigenvalue weighted by Crippen LogP contribution is -2.14. The maximum Gasteiger partial charge on any atom is -0.0142 e. The molecule has 0 aliphatic rings. The van der Waals surface area contributed by atoms with Gasteiger partial charge >= 0.3 is 0 Å². The van der Waals surface area contributed by atoms with Gasteiger partial charge in [0.25, 0.3) is 0 Å². The molecule has 1 atom stereocenters. The molecule has 0 spiro atoms. The third-order valence-corrected chi connectivity index (χ3v) is 6.18. The number of aryl methyl sites for hydroxylation is 1. The van der Waals surface area contributed by atoms with Crippen LogP contribution in [0.2, 0.25) is 0 Å². The number of rotatable bonds is 4. The Kier molecular flexibility index (Phi) is 12.5. The highest BCUT2D eigenvalue weighted by Crippen LogP contribution is 2.33. The van der Waals surface area contributed by atoms with Gasteiger partial charge in [0.05, 0.1) is 0 Å². The van der Waals surface area contributed by atoms with Crippen molar-refractivity contribution in [3.63, 3.8) is 0 Å². The van der Waals surface area contributed by atoms with E-state index in [9.17, 15) is 0 Å². The molecule has 0 amide bonds. The molecule has 0 nitrogen and oxygen atoms in total. The van der Waals surface area contributed by atoms with Gasteiger partial charge in [0.1, 0.15) is 0 Å². The second-order valence-corrected chi connectivity index (χ2v) is 13.3. The van der Waals surface area contributed by atoms with Gasteiger partial charge < -0.3 is 0 Å². The van der Waals surface area contributed by atoms with Gasteiger partial charge in [-0.05, 0) is 58.1 Å². The van der Waals surface area contributed by atoms with E-state index in [0.29, 0.717) is 22.2 Å². The molecule has 0 aromatic heterocycles. The van der Waals surface area contributed by atoms with E-state index in [-0.39, 0.29) is 0 Å². The molecular weight excluding hydrogens is 420 g/mol. The molecule has 0 N–H and O–H groups in total. The summed E-state index contributed by atoms with van der Waals surface area (Å²) in [7, 11) is 0. The third kappa shape index (κ3) is 15.3. The van der Waals surface area contributed by atoms with Crippen molar-refractivity contribution < 1.29 is 0 Å². The van der Waals surface area contributed by atoms with Crippen LogP contribution in [-0.4, -0.2) is 0 Å². The monoisotopic (exact) mass is 472 g/mol. The lowest BCUT2D eigenvalue weighted by Gasteiger charge is -2.27. The first-order chi connectivity index (χ1) is 16.2. The Morgan fingerprint density at radius 3 is 1.29 bits per heavy atom. The van der Waals surface area contributed by atoms with Crippen molar-refractivity contribution >= 4 is 0 Å². The molecule has 3 aromatic carbocycles. The maximum absolute atomic E-state index is 2.29. The largest absolute Gasteiger partial charge is 0.0622 e. The summed E-state index contributed by atoms with van der Waals surface area (Å²) in [4.78, 5) is 0. The molecule has 0 saturated carbocycles. The minimum atomic E-state index is 0.362.